The average molecular weight is 373 g/mol. The van der Waals surface area contributed by atoms with Crippen LogP contribution in [0.3, 0.4) is 0 Å². The van der Waals surface area contributed by atoms with Gasteiger partial charge in [-0.3, -0.25) is 0 Å². The van der Waals surface area contributed by atoms with E-state index in [1.165, 1.54) is 42.2 Å². The first-order chi connectivity index (χ1) is 13.7. The number of hydrogen-bond donors (Lipinski definition) is 0. The number of unbranched alkanes of at least 4 members (excludes halogenated alkanes) is 1. The Labute approximate surface area is 168 Å². The van der Waals surface area contributed by atoms with Crippen molar-refractivity contribution in [2.75, 3.05) is 7.11 Å². The number of esters is 1. The summed E-state index contributed by atoms with van der Waals surface area (Å²) in [6, 6.07) is 27.4. The summed E-state index contributed by atoms with van der Waals surface area (Å²) in [6.07, 6.45) is 4.49. The van der Waals surface area contributed by atoms with E-state index in [9.17, 15) is 4.79 Å². The monoisotopic (exact) mass is 372 g/mol. The second-order valence-corrected chi connectivity index (χ2v) is 7.20. The first-order valence-corrected chi connectivity index (χ1v) is 10.0. The molecule has 0 amide bonds. The van der Waals surface area contributed by atoms with Gasteiger partial charge in [-0.1, -0.05) is 80.1 Å². The van der Waals surface area contributed by atoms with Crippen molar-refractivity contribution in [1.29, 1.82) is 0 Å². The van der Waals surface area contributed by atoms with Crippen molar-refractivity contribution in [2.45, 2.75) is 38.5 Å². The van der Waals surface area contributed by atoms with E-state index in [1.807, 2.05) is 30.3 Å². The Bertz CT molecular complexity index is 865. The van der Waals surface area contributed by atoms with Crippen LogP contribution in [-0.2, 0) is 17.6 Å². The van der Waals surface area contributed by atoms with Crippen LogP contribution in [0, 0.1) is 0 Å². The van der Waals surface area contributed by atoms with E-state index in [2.05, 4.69) is 55.5 Å². The van der Waals surface area contributed by atoms with Crippen LogP contribution in [-0.4, -0.2) is 13.1 Å². The van der Waals surface area contributed by atoms with Gasteiger partial charge >= 0.3 is 5.97 Å². The number of carbonyl (C=O) groups excluding carboxylic acids is 1. The lowest BCUT2D eigenvalue weighted by Crippen LogP contribution is -2.07. The smallest absolute Gasteiger partial charge is 0.337 e. The fourth-order valence-electron chi connectivity index (χ4n) is 3.54. The minimum atomic E-state index is -0.300. The third-order valence-corrected chi connectivity index (χ3v) is 5.22. The third kappa shape index (κ3) is 5.10. The number of ether oxygens (including phenoxy) is 1. The number of aryl methyl sites for hydroxylation is 1. The molecule has 0 saturated carbocycles. The predicted molar refractivity (Wildman–Crippen MR) is 115 cm³/mol. The topological polar surface area (TPSA) is 26.3 Å². The molecule has 0 aromatic heterocycles. The fraction of sp³-hybridized carbons (Fsp3) is 0.269. The van der Waals surface area contributed by atoms with Crippen molar-refractivity contribution in [1.82, 2.24) is 0 Å². The molecule has 0 aliphatic carbocycles. The van der Waals surface area contributed by atoms with Crippen LogP contribution in [0.25, 0.3) is 0 Å². The molecule has 0 radical (unpaired) electrons. The molecule has 0 fully saturated rings. The minimum Gasteiger partial charge on any atom is -0.465 e. The number of hydrogen-bond acceptors (Lipinski definition) is 2. The average Bonchev–Trinajstić information content (AvgIpc) is 2.77. The summed E-state index contributed by atoms with van der Waals surface area (Å²) in [7, 11) is 1.41. The van der Waals surface area contributed by atoms with Crippen molar-refractivity contribution in [3.8, 4) is 0 Å². The Morgan fingerprint density at radius 1 is 0.821 bits per heavy atom. The van der Waals surface area contributed by atoms with Crippen molar-refractivity contribution in [3.63, 3.8) is 0 Å². The molecular weight excluding hydrogens is 344 g/mol. The van der Waals surface area contributed by atoms with E-state index < -0.39 is 0 Å². The van der Waals surface area contributed by atoms with E-state index in [-0.39, 0.29) is 11.9 Å². The predicted octanol–water partition coefficient (Wildman–Crippen LogP) is 6.19. The van der Waals surface area contributed by atoms with Gasteiger partial charge in [0.15, 0.2) is 0 Å². The summed E-state index contributed by atoms with van der Waals surface area (Å²) < 4.78 is 4.82. The van der Waals surface area contributed by atoms with E-state index >= 15 is 0 Å². The first kappa shape index (κ1) is 19.9. The summed E-state index contributed by atoms with van der Waals surface area (Å²) in [4.78, 5) is 11.8. The van der Waals surface area contributed by atoms with Gasteiger partial charge in [0.05, 0.1) is 12.7 Å². The summed E-state index contributed by atoms with van der Waals surface area (Å²) in [5.74, 6) is -0.0549. The third-order valence-electron chi connectivity index (χ3n) is 5.22. The Balaban J connectivity index is 1.89. The van der Waals surface area contributed by atoms with Crippen molar-refractivity contribution >= 4 is 5.97 Å². The standard InChI is InChI=1S/C26H28O2/c1-3-4-8-20-11-13-22(14-12-20)25(19-21-9-6-5-7-10-21)23-15-17-24(18-16-23)26(27)28-2/h5-7,9-18,25H,3-4,8,19H2,1-2H3. The molecule has 0 aliphatic heterocycles. The Hall–Kier alpha value is -2.87. The number of carbonyl (C=O) groups is 1. The molecule has 3 rings (SSSR count). The second-order valence-electron chi connectivity index (χ2n) is 7.20. The summed E-state index contributed by atoms with van der Waals surface area (Å²) in [5.41, 5.74) is 5.79. The van der Waals surface area contributed by atoms with Crippen LogP contribution in [0.15, 0.2) is 78.9 Å². The molecule has 1 unspecified atom stereocenters. The highest BCUT2D eigenvalue weighted by Gasteiger charge is 2.16. The van der Waals surface area contributed by atoms with E-state index in [4.69, 9.17) is 4.74 Å². The molecule has 1 atom stereocenters. The molecule has 0 saturated heterocycles. The number of rotatable bonds is 8. The van der Waals surface area contributed by atoms with E-state index in [1.54, 1.807) is 0 Å². The highest BCUT2D eigenvalue weighted by molar-refractivity contribution is 5.89. The van der Waals surface area contributed by atoms with Gasteiger partial charge in [0.2, 0.25) is 0 Å². The lowest BCUT2D eigenvalue weighted by atomic mass is 9.85. The van der Waals surface area contributed by atoms with Crippen LogP contribution in [0.4, 0.5) is 0 Å². The molecule has 0 N–H and O–H groups in total. The lowest BCUT2D eigenvalue weighted by Gasteiger charge is -2.19. The van der Waals surface area contributed by atoms with Crippen LogP contribution in [0.5, 0.6) is 0 Å². The molecule has 0 spiro atoms. The number of benzene rings is 3. The Morgan fingerprint density at radius 2 is 1.43 bits per heavy atom. The zero-order valence-corrected chi connectivity index (χ0v) is 16.7. The molecule has 2 heteroatoms. The maximum atomic E-state index is 11.8. The van der Waals surface area contributed by atoms with Gasteiger partial charge in [-0.25, -0.2) is 4.79 Å². The summed E-state index contributed by atoms with van der Waals surface area (Å²) in [5, 5.41) is 0. The van der Waals surface area contributed by atoms with Gasteiger partial charge in [-0.2, -0.15) is 0 Å². The van der Waals surface area contributed by atoms with E-state index in [0.29, 0.717) is 5.56 Å². The molecule has 144 valence electrons. The molecule has 0 bridgehead atoms. The molecule has 0 aliphatic rings. The van der Waals surface area contributed by atoms with Crippen LogP contribution in [0.2, 0.25) is 0 Å². The van der Waals surface area contributed by atoms with Crippen LogP contribution < -0.4 is 0 Å². The molecular formula is C26H28O2. The maximum Gasteiger partial charge on any atom is 0.337 e. The van der Waals surface area contributed by atoms with Crippen molar-refractivity contribution < 1.29 is 9.53 Å². The zero-order valence-electron chi connectivity index (χ0n) is 16.7. The summed E-state index contributed by atoms with van der Waals surface area (Å²) in [6.45, 7) is 2.22. The van der Waals surface area contributed by atoms with E-state index in [0.717, 1.165) is 12.8 Å². The van der Waals surface area contributed by atoms with Gasteiger partial charge in [-0.05, 0) is 53.6 Å². The molecule has 0 heterocycles. The van der Waals surface area contributed by atoms with Crippen molar-refractivity contribution in [2.24, 2.45) is 0 Å². The van der Waals surface area contributed by atoms with Crippen LogP contribution >= 0.6 is 0 Å². The molecule has 28 heavy (non-hydrogen) atoms. The molecule has 3 aromatic carbocycles. The minimum absolute atomic E-state index is 0.245. The largest absolute Gasteiger partial charge is 0.465 e. The zero-order chi connectivity index (χ0) is 19.8. The SMILES string of the molecule is CCCCc1ccc(C(Cc2ccccc2)c2ccc(C(=O)OC)cc2)cc1. The van der Waals surface area contributed by atoms with Gasteiger partial charge in [0.25, 0.3) is 0 Å². The highest BCUT2D eigenvalue weighted by atomic mass is 16.5. The lowest BCUT2D eigenvalue weighted by molar-refractivity contribution is 0.0600. The first-order valence-electron chi connectivity index (χ1n) is 10.0. The van der Waals surface area contributed by atoms with Gasteiger partial charge < -0.3 is 4.74 Å². The fourth-order valence-corrected chi connectivity index (χ4v) is 3.54. The van der Waals surface area contributed by atoms with Gasteiger partial charge in [0.1, 0.15) is 0 Å². The Morgan fingerprint density at radius 3 is 2.00 bits per heavy atom. The van der Waals surface area contributed by atoms with Crippen LogP contribution in [0.1, 0.15) is 58.3 Å². The quantitative estimate of drug-likeness (QED) is 0.441. The number of methoxy groups -OCH3 is 1. The van der Waals surface area contributed by atoms with Gasteiger partial charge in [-0.15, -0.1) is 0 Å². The molecule has 2 nitrogen and oxygen atoms in total. The second kappa shape index (κ2) is 9.89. The van der Waals surface area contributed by atoms with Gasteiger partial charge in [0, 0.05) is 5.92 Å². The van der Waals surface area contributed by atoms with Crippen molar-refractivity contribution in [3.05, 3.63) is 107 Å². The Kier molecular flexibility index (Phi) is 7.02. The normalized spacial score (nSPS) is 11.8. The molecule has 3 aromatic rings. The highest BCUT2D eigenvalue weighted by Crippen LogP contribution is 2.29. The maximum absolute atomic E-state index is 11.8. The summed E-state index contributed by atoms with van der Waals surface area (Å²) >= 11 is 0.